The molecule has 0 N–H and O–H groups in total. The van der Waals surface area contributed by atoms with E-state index in [9.17, 15) is 9.59 Å². The lowest BCUT2D eigenvalue weighted by Gasteiger charge is -2.22. The summed E-state index contributed by atoms with van der Waals surface area (Å²) in [6.07, 6.45) is 1.21. The van der Waals surface area contributed by atoms with Crippen LogP contribution >= 0.6 is 0 Å². The Morgan fingerprint density at radius 2 is 1.79 bits per heavy atom. The summed E-state index contributed by atoms with van der Waals surface area (Å²) >= 11 is 0. The van der Waals surface area contributed by atoms with E-state index in [4.69, 9.17) is 4.74 Å². The summed E-state index contributed by atoms with van der Waals surface area (Å²) in [5.74, 6) is 0.724. The van der Waals surface area contributed by atoms with Gasteiger partial charge in [0.2, 0.25) is 5.91 Å². The molecular formula is C23H28N2O3. The molecule has 1 aliphatic heterocycles. The first-order valence-corrected chi connectivity index (χ1v) is 9.78. The van der Waals surface area contributed by atoms with Gasteiger partial charge in [0.15, 0.2) is 5.78 Å². The fourth-order valence-corrected chi connectivity index (χ4v) is 3.63. The third kappa shape index (κ3) is 5.20. The molecule has 1 saturated heterocycles. The van der Waals surface area contributed by atoms with Crippen LogP contribution in [-0.2, 0) is 17.8 Å². The molecule has 0 atom stereocenters. The maximum Gasteiger partial charge on any atom is 0.227 e. The second kappa shape index (κ2) is 9.51. The van der Waals surface area contributed by atoms with Crippen molar-refractivity contribution in [1.29, 1.82) is 0 Å². The first kappa shape index (κ1) is 20.1. The zero-order chi connectivity index (χ0) is 19.9. The maximum absolute atomic E-state index is 12.9. The lowest BCUT2D eigenvalue weighted by atomic mass is 10.0. The highest BCUT2D eigenvalue weighted by Crippen LogP contribution is 2.22. The fourth-order valence-electron chi connectivity index (χ4n) is 3.63. The number of Topliss-reactive ketones (excluding diaryl/α,β-unsaturated/α-hetero) is 1. The summed E-state index contributed by atoms with van der Waals surface area (Å²) in [5, 5.41) is 0. The highest BCUT2D eigenvalue weighted by molar-refractivity contribution is 5.94. The van der Waals surface area contributed by atoms with Crippen molar-refractivity contribution in [1.82, 2.24) is 9.80 Å². The first-order chi connectivity index (χ1) is 13.6. The normalized spacial score (nSPS) is 15.1. The number of carbonyl (C=O) groups excluding carboxylic acids is 2. The summed E-state index contributed by atoms with van der Waals surface area (Å²) in [6, 6.07) is 15.7. The Morgan fingerprint density at radius 3 is 2.50 bits per heavy atom. The molecule has 0 unspecified atom stereocenters. The van der Waals surface area contributed by atoms with Crippen LogP contribution in [0.15, 0.2) is 48.5 Å². The van der Waals surface area contributed by atoms with E-state index in [0.29, 0.717) is 11.3 Å². The van der Waals surface area contributed by atoms with Gasteiger partial charge in [-0.2, -0.15) is 0 Å². The van der Waals surface area contributed by atoms with Crippen LogP contribution in [0.5, 0.6) is 5.75 Å². The van der Waals surface area contributed by atoms with Crippen LogP contribution in [-0.4, -0.2) is 54.8 Å². The van der Waals surface area contributed by atoms with Gasteiger partial charge in [-0.3, -0.25) is 14.5 Å². The Balaban J connectivity index is 1.62. The summed E-state index contributed by atoms with van der Waals surface area (Å²) < 4.78 is 5.39. The van der Waals surface area contributed by atoms with Gasteiger partial charge in [0.1, 0.15) is 5.75 Å². The molecular weight excluding hydrogens is 352 g/mol. The second-order valence-corrected chi connectivity index (χ2v) is 7.26. The maximum atomic E-state index is 12.9. The molecule has 3 rings (SSSR count). The van der Waals surface area contributed by atoms with Crippen LogP contribution in [0.1, 0.15) is 34.8 Å². The van der Waals surface area contributed by atoms with Crippen molar-refractivity contribution in [3.05, 3.63) is 65.2 Å². The van der Waals surface area contributed by atoms with E-state index >= 15 is 0 Å². The molecule has 0 aliphatic carbocycles. The minimum atomic E-state index is -0.0114. The molecule has 5 heteroatoms. The molecule has 1 fully saturated rings. The molecule has 0 aromatic heterocycles. The molecule has 0 bridgehead atoms. The number of carbonyl (C=O) groups is 2. The number of ketones is 1. The number of hydrogen-bond acceptors (Lipinski definition) is 4. The quantitative estimate of drug-likeness (QED) is 0.723. The van der Waals surface area contributed by atoms with E-state index in [2.05, 4.69) is 29.2 Å². The lowest BCUT2D eigenvalue weighted by molar-refractivity contribution is -0.130. The van der Waals surface area contributed by atoms with Gasteiger partial charge in [-0.1, -0.05) is 30.3 Å². The largest absolute Gasteiger partial charge is 0.496 e. The molecule has 28 heavy (non-hydrogen) atoms. The lowest BCUT2D eigenvalue weighted by Crippen LogP contribution is -2.36. The summed E-state index contributed by atoms with van der Waals surface area (Å²) in [6.45, 7) is 5.78. The average Bonchev–Trinajstić information content (AvgIpc) is 2.94. The SMILES string of the molecule is COc1ccc(C(C)=O)cc1CC(=O)N1CCCN(Cc2ccccc2)CC1. The minimum Gasteiger partial charge on any atom is -0.496 e. The van der Waals surface area contributed by atoms with Crippen LogP contribution in [0.3, 0.4) is 0 Å². The molecule has 1 aliphatic rings. The molecule has 0 spiro atoms. The van der Waals surface area contributed by atoms with E-state index in [1.165, 1.54) is 12.5 Å². The number of hydrogen-bond donors (Lipinski definition) is 0. The fraction of sp³-hybridized carbons (Fsp3) is 0.391. The van der Waals surface area contributed by atoms with E-state index in [-0.39, 0.29) is 18.1 Å². The molecule has 5 nitrogen and oxygen atoms in total. The van der Waals surface area contributed by atoms with Gasteiger partial charge in [0, 0.05) is 43.9 Å². The monoisotopic (exact) mass is 380 g/mol. The van der Waals surface area contributed by atoms with Crippen molar-refractivity contribution in [3.8, 4) is 5.75 Å². The number of amides is 1. The van der Waals surface area contributed by atoms with Gasteiger partial charge in [0.25, 0.3) is 0 Å². The Morgan fingerprint density at radius 1 is 1.00 bits per heavy atom. The molecule has 0 saturated carbocycles. The summed E-state index contributed by atoms with van der Waals surface area (Å²) in [5.41, 5.74) is 2.67. The van der Waals surface area contributed by atoms with Crippen molar-refractivity contribution in [2.45, 2.75) is 26.3 Å². The van der Waals surface area contributed by atoms with Crippen molar-refractivity contribution >= 4 is 11.7 Å². The summed E-state index contributed by atoms with van der Waals surface area (Å²) in [7, 11) is 1.59. The van der Waals surface area contributed by atoms with Crippen LogP contribution in [0.2, 0.25) is 0 Å². The number of ether oxygens (including phenoxy) is 1. The zero-order valence-corrected chi connectivity index (χ0v) is 16.7. The van der Waals surface area contributed by atoms with Crippen LogP contribution in [0, 0.1) is 0 Å². The molecule has 2 aromatic carbocycles. The Kier molecular flexibility index (Phi) is 6.82. The van der Waals surface area contributed by atoms with E-state index in [1.807, 2.05) is 11.0 Å². The van der Waals surface area contributed by atoms with Crippen LogP contribution < -0.4 is 4.74 Å². The Labute approximate surface area is 166 Å². The van der Waals surface area contributed by atoms with Gasteiger partial charge < -0.3 is 9.64 Å². The smallest absolute Gasteiger partial charge is 0.227 e. The molecule has 148 valence electrons. The highest BCUT2D eigenvalue weighted by atomic mass is 16.5. The molecule has 1 amide bonds. The predicted octanol–water partition coefficient (Wildman–Crippen LogP) is 3.17. The van der Waals surface area contributed by atoms with Crippen LogP contribution in [0.25, 0.3) is 0 Å². The van der Waals surface area contributed by atoms with Gasteiger partial charge in [-0.15, -0.1) is 0 Å². The molecule has 2 aromatic rings. The second-order valence-electron chi connectivity index (χ2n) is 7.26. The van der Waals surface area contributed by atoms with Gasteiger partial charge >= 0.3 is 0 Å². The average molecular weight is 380 g/mol. The minimum absolute atomic E-state index is 0.0114. The van der Waals surface area contributed by atoms with Crippen molar-refractivity contribution < 1.29 is 14.3 Å². The first-order valence-electron chi connectivity index (χ1n) is 9.78. The Bertz CT molecular complexity index is 820. The van der Waals surface area contributed by atoms with Gasteiger partial charge in [-0.25, -0.2) is 0 Å². The topological polar surface area (TPSA) is 49.9 Å². The van der Waals surface area contributed by atoms with Gasteiger partial charge in [-0.05, 0) is 37.1 Å². The van der Waals surface area contributed by atoms with E-state index in [1.54, 1.807) is 25.3 Å². The number of nitrogens with zero attached hydrogens (tertiary/aromatic N) is 2. The van der Waals surface area contributed by atoms with Crippen molar-refractivity contribution in [3.63, 3.8) is 0 Å². The van der Waals surface area contributed by atoms with Crippen molar-refractivity contribution in [2.75, 3.05) is 33.3 Å². The standard InChI is InChI=1S/C23H28N2O3/c1-18(26)20-9-10-22(28-2)21(15-20)16-23(27)25-12-6-11-24(13-14-25)17-19-7-4-3-5-8-19/h3-5,7-10,15H,6,11-14,16-17H2,1-2H3. The summed E-state index contributed by atoms with van der Waals surface area (Å²) in [4.78, 5) is 28.9. The number of rotatable bonds is 6. The predicted molar refractivity (Wildman–Crippen MR) is 110 cm³/mol. The Hall–Kier alpha value is -2.66. The van der Waals surface area contributed by atoms with Crippen molar-refractivity contribution in [2.24, 2.45) is 0 Å². The number of methoxy groups -OCH3 is 1. The van der Waals surface area contributed by atoms with Crippen LogP contribution in [0.4, 0.5) is 0 Å². The van der Waals surface area contributed by atoms with E-state index < -0.39 is 0 Å². The zero-order valence-electron chi connectivity index (χ0n) is 16.7. The van der Waals surface area contributed by atoms with Gasteiger partial charge in [0.05, 0.1) is 13.5 Å². The highest BCUT2D eigenvalue weighted by Gasteiger charge is 2.21. The third-order valence-electron chi connectivity index (χ3n) is 5.22. The third-order valence-corrected chi connectivity index (χ3v) is 5.22. The number of benzene rings is 2. The van der Waals surface area contributed by atoms with E-state index in [0.717, 1.165) is 44.7 Å². The molecule has 1 heterocycles. The molecule has 0 radical (unpaired) electrons.